The molecule has 2 aromatic rings. The van der Waals surface area contributed by atoms with Gasteiger partial charge in [-0.25, -0.2) is 9.97 Å². The van der Waals surface area contributed by atoms with Crippen LogP contribution in [0.3, 0.4) is 0 Å². The molecule has 1 aliphatic carbocycles. The number of pyridine rings is 1. The van der Waals surface area contributed by atoms with E-state index in [0.717, 1.165) is 88.5 Å². The summed E-state index contributed by atoms with van der Waals surface area (Å²) < 4.78 is 14.7. The zero-order valence-corrected chi connectivity index (χ0v) is 21.0. The Morgan fingerprint density at radius 2 is 1.97 bits per heavy atom. The number of rotatable bonds is 5. The maximum atomic E-state index is 14.7. The van der Waals surface area contributed by atoms with Crippen LogP contribution < -0.4 is 20.7 Å². The molecule has 2 aromatic heterocycles. The molecule has 1 amide bonds. The van der Waals surface area contributed by atoms with Crippen LogP contribution in [0.15, 0.2) is 16.9 Å². The van der Waals surface area contributed by atoms with Crippen molar-refractivity contribution in [2.75, 3.05) is 49.6 Å². The highest BCUT2D eigenvalue weighted by Crippen LogP contribution is 2.53. The molecule has 1 saturated carbocycles. The number of carbonyl (C=O) groups excluding carboxylic acids is 1. The Labute approximate surface area is 210 Å². The largest absolute Gasteiger partial charge is 0.368 e. The number of aromatic amines is 1. The topological polar surface area (TPSA) is 97.5 Å². The third-order valence-electron chi connectivity index (χ3n) is 8.80. The summed E-state index contributed by atoms with van der Waals surface area (Å²) in [7, 11) is 1.51. The van der Waals surface area contributed by atoms with Gasteiger partial charge in [0.2, 0.25) is 5.95 Å². The van der Waals surface area contributed by atoms with Crippen LogP contribution in [0.4, 0.5) is 15.9 Å². The second-order valence-electron chi connectivity index (χ2n) is 10.7. The Bertz CT molecular complexity index is 1230. The quantitative estimate of drug-likeness (QED) is 0.611. The maximum absolute atomic E-state index is 14.7. The van der Waals surface area contributed by atoms with Gasteiger partial charge in [0.25, 0.3) is 11.5 Å². The highest BCUT2D eigenvalue weighted by atomic mass is 19.1. The van der Waals surface area contributed by atoms with Gasteiger partial charge in [0.1, 0.15) is 17.3 Å². The zero-order chi connectivity index (χ0) is 25.0. The maximum Gasteiger partial charge on any atom is 0.269 e. The number of halogens is 1. The van der Waals surface area contributed by atoms with E-state index in [1.807, 2.05) is 4.90 Å². The van der Waals surface area contributed by atoms with Gasteiger partial charge in [-0.15, -0.1) is 0 Å². The van der Waals surface area contributed by atoms with Crippen LogP contribution in [0.25, 0.3) is 0 Å². The van der Waals surface area contributed by atoms with Crippen molar-refractivity contribution in [1.82, 2.24) is 25.2 Å². The molecule has 0 aromatic carbocycles. The molecule has 4 aliphatic heterocycles. The second kappa shape index (κ2) is 8.83. The predicted octanol–water partition coefficient (Wildman–Crippen LogP) is 1.82. The molecule has 9 nitrogen and oxygen atoms in total. The minimum absolute atomic E-state index is 0.0378. The Balaban J connectivity index is 1.14. The van der Waals surface area contributed by atoms with E-state index in [9.17, 15) is 14.0 Å². The zero-order valence-electron chi connectivity index (χ0n) is 21.0. The molecule has 2 bridgehead atoms. The highest BCUT2D eigenvalue weighted by molar-refractivity contribution is 5.92. The molecule has 10 heteroatoms. The number of piperidine rings is 1. The van der Waals surface area contributed by atoms with Gasteiger partial charge in [0, 0.05) is 57.3 Å². The van der Waals surface area contributed by atoms with Gasteiger partial charge in [-0.3, -0.25) is 14.5 Å². The molecular formula is C26H34FN7O2. The summed E-state index contributed by atoms with van der Waals surface area (Å²) in [5.41, 5.74) is 1.37. The van der Waals surface area contributed by atoms with E-state index in [4.69, 9.17) is 4.98 Å². The van der Waals surface area contributed by atoms with Crippen molar-refractivity contribution < 1.29 is 9.18 Å². The first-order valence-electron chi connectivity index (χ1n) is 13.2. The number of aromatic nitrogens is 3. The number of amides is 1. The van der Waals surface area contributed by atoms with Gasteiger partial charge in [-0.1, -0.05) is 0 Å². The van der Waals surface area contributed by atoms with Crippen molar-refractivity contribution in [3.05, 3.63) is 45.5 Å². The second-order valence-corrected chi connectivity index (χ2v) is 10.7. The Hall–Kier alpha value is -3.01. The fourth-order valence-corrected chi connectivity index (χ4v) is 6.82. The lowest BCUT2D eigenvalue weighted by molar-refractivity contribution is 0.0957. The van der Waals surface area contributed by atoms with E-state index in [1.165, 1.54) is 7.05 Å². The lowest BCUT2D eigenvalue weighted by atomic mass is 9.69. The van der Waals surface area contributed by atoms with Crippen LogP contribution in [-0.2, 0) is 11.8 Å². The third kappa shape index (κ3) is 3.68. The van der Waals surface area contributed by atoms with Crippen LogP contribution in [0, 0.1) is 5.95 Å². The van der Waals surface area contributed by atoms with Crippen LogP contribution in [0.2, 0.25) is 0 Å². The average molecular weight is 496 g/mol. The van der Waals surface area contributed by atoms with Crippen LogP contribution in [0.1, 0.15) is 60.9 Å². The van der Waals surface area contributed by atoms with E-state index in [2.05, 4.69) is 32.0 Å². The molecule has 6 heterocycles. The molecule has 192 valence electrons. The number of hydrogen-bond acceptors (Lipinski definition) is 7. The van der Waals surface area contributed by atoms with Crippen molar-refractivity contribution in [2.45, 2.75) is 62.9 Å². The first-order valence-corrected chi connectivity index (χ1v) is 13.2. The average Bonchev–Trinajstić information content (AvgIpc) is 3.45. The van der Waals surface area contributed by atoms with Crippen LogP contribution in [0.5, 0.6) is 0 Å². The van der Waals surface area contributed by atoms with E-state index >= 15 is 0 Å². The monoisotopic (exact) mass is 495 g/mol. The third-order valence-corrected chi connectivity index (χ3v) is 8.80. The van der Waals surface area contributed by atoms with Crippen molar-refractivity contribution in [3.8, 4) is 0 Å². The van der Waals surface area contributed by atoms with Gasteiger partial charge < -0.3 is 20.1 Å². The lowest BCUT2D eigenvalue weighted by Crippen LogP contribution is -2.46. The molecule has 3 saturated heterocycles. The summed E-state index contributed by atoms with van der Waals surface area (Å²) in [5, 5.41) is 2.48. The van der Waals surface area contributed by atoms with Gasteiger partial charge >= 0.3 is 0 Å². The smallest absolute Gasteiger partial charge is 0.269 e. The standard InChI is InChI=1S/C26H34FN7O2/c1-3-32-10-4-5-18-22(32)30-25(31-23(18)35)26-13-17(14-26)34(15-26)16-8-11-33(12-9-16)20-7-6-19(24(36)28-2)29-21(20)27/h6-7,16-17H,3-5,8-15H2,1-2H3,(H,28,36)(H,30,31,35). The van der Waals surface area contributed by atoms with E-state index < -0.39 is 11.9 Å². The molecule has 5 aliphatic rings. The number of fused-ring (bicyclic) bond motifs is 2. The van der Waals surface area contributed by atoms with Gasteiger partial charge in [0.15, 0.2) is 0 Å². The number of hydrogen-bond donors (Lipinski definition) is 2. The summed E-state index contributed by atoms with van der Waals surface area (Å²) in [4.78, 5) is 43.6. The van der Waals surface area contributed by atoms with Crippen molar-refractivity contribution in [3.63, 3.8) is 0 Å². The fraction of sp³-hybridized carbons (Fsp3) is 0.615. The summed E-state index contributed by atoms with van der Waals surface area (Å²) in [5.74, 6) is 0.774. The minimum atomic E-state index is -0.597. The number of nitrogens with zero attached hydrogens (tertiary/aromatic N) is 5. The molecule has 0 unspecified atom stereocenters. The Morgan fingerprint density at radius 1 is 1.19 bits per heavy atom. The summed E-state index contributed by atoms with van der Waals surface area (Å²) in [6.07, 6.45) is 5.78. The SMILES string of the molecule is CCN1CCCc2c1nc(C13CC(C1)N(C1CCN(c4ccc(C(=O)NC)nc4F)CC1)C3)[nH]c2=O. The minimum Gasteiger partial charge on any atom is -0.368 e. The van der Waals surface area contributed by atoms with E-state index in [0.29, 0.717) is 17.8 Å². The number of anilines is 2. The van der Waals surface area contributed by atoms with Crippen molar-refractivity contribution in [1.29, 1.82) is 0 Å². The summed E-state index contributed by atoms with van der Waals surface area (Å²) in [6, 6.07) is 4.20. The Kier molecular flexibility index (Phi) is 5.74. The van der Waals surface area contributed by atoms with E-state index in [-0.39, 0.29) is 16.7 Å². The molecule has 7 rings (SSSR count). The molecule has 2 N–H and O–H groups in total. The summed E-state index contributed by atoms with van der Waals surface area (Å²) in [6.45, 7) is 6.37. The van der Waals surface area contributed by atoms with E-state index in [1.54, 1.807) is 12.1 Å². The van der Waals surface area contributed by atoms with Gasteiger partial charge in [-0.2, -0.15) is 4.39 Å². The van der Waals surface area contributed by atoms with Crippen molar-refractivity contribution >= 4 is 17.4 Å². The van der Waals surface area contributed by atoms with Crippen molar-refractivity contribution in [2.24, 2.45) is 0 Å². The number of carbonyl (C=O) groups is 1. The molecule has 36 heavy (non-hydrogen) atoms. The molecule has 0 spiro atoms. The first-order chi connectivity index (χ1) is 17.4. The van der Waals surface area contributed by atoms with Gasteiger partial charge in [0.05, 0.1) is 11.3 Å². The molecule has 4 fully saturated rings. The normalized spacial score (nSPS) is 26.0. The predicted molar refractivity (Wildman–Crippen MR) is 135 cm³/mol. The highest BCUT2D eigenvalue weighted by Gasteiger charge is 2.59. The fourth-order valence-electron chi connectivity index (χ4n) is 6.82. The number of H-pyrrole nitrogens is 1. The van der Waals surface area contributed by atoms with Gasteiger partial charge in [-0.05, 0) is 57.6 Å². The summed E-state index contributed by atoms with van der Waals surface area (Å²) >= 11 is 0. The molecule has 0 atom stereocenters. The molecular weight excluding hydrogens is 461 g/mol. The van der Waals surface area contributed by atoms with Crippen LogP contribution in [-0.4, -0.2) is 77.6 Å². The number of nitrogens with one attached hydrogen (secondary N) is 2. The Morgan fingerprint density at radius 3 is 2.67 bits per heavy atom. The van der Waals surface area contributed by atoms with Crippen LogP contribution >= 0.6 is 0 Å². The molecule has 0 radical (unpaired) electrons. The lowest BCUT2D eigenvalue weighted by Gasteiger charge is -2.40. The first kappa shape index (κ1) is 23.4.